The smallest absolute Gasteiger partial charge is 0.343 e. The first kappa shape index (κ1) is 24.5. The van der Waals surface area contributed by atoms with Crippen LogP contribution in [-0.4, -0.2) is 18.7 Å². The van der Waals surface area contributed by atoms with Crippen molar-refractivity contribution in [2.45, 2.75) is 59.2 Å². The average molecular weight is 447 g/mol. The normalized spacial score (nSPS) is 12.7. The van der Waals surface area contributed by atoms with E-state index in [9.17, 15) is 4.79 Å². The molecule has 0 bridgehead atoms. The van der Waals surface area contributed by atoms with Gasteiger partial charge in [0.2, 0.25) is 0 Å². The van der Waals surface area contributed by atoms with Crippen LogP contribution in [0.15, 0.2) is 72.8 Å². The fourth-order valence-corrected chi connectivity index (χ4v) is 3.59. The number of benzene rings is 3. The Kier molecular flexibility index (Phi) is 9.08. The first-order valence-electron chi connectivity index (χ1n) is 11.8. The van der Waals surface area contributed by atoms with E-state index < -0.39 is 0 Å². The van der Waals surface area contributed by atoms with Crippen LogP contribution in [-0.2, 0) is 4.74 Å². The minimum atomic E-state index is -0.383. The van der Waals surface area contributed by atoms with Gasteiger partial charge < -0.3 is 14.2 Å². The summed E-state index contributed by atoms with van der Waals surface area (Å²) in [6.07, 6.45) is 3.33. The molecule has 4 nitrogen and oxygen atoms in total. The summed E-state index contributed by atoms with van der Waals surface area (Å²) in [7, 11) is 0. The van der Waals surface area contributed by atoms with Crippen molar-refractivity contribution in [2.24, 2.45) is 0 Å². The maximum atomic E-state index is 12.5. The largest absolute Gasteiger partial charge is 0.491 e. The minimum Gasteiger partial charge on any atom is -0.491 e. The molecule has 0 aliphatic rings. The Hall–Kier alpha value is -3.11. The maximum absolute atomic E-state index is 12.5. The predicted octanol–water partition coefficient (Wildman–Crippen LogP) is 7.63. The minimum absolute atomic E-state index is 0.0801. The first-order chi connectivity index (χ1) is 16.0. The standard InChI is InChI=1S/C29H34O4/c1-5-7-21(3)32-27-16-18-28(19-17-27)33-29(30)26-14-12-25(13-15-26)24-10-8-23(9-11-24)22(4)31-20-6-2/h8-19,21-22H,5-7,20H2,1-4H3. The number of rotatable bonds is 11. The van der Waals surface area contributed by atoms with Crippen molar-refractivity contribution < 1.29 is 19.0 Å². The Morgan fingerprint density at radius 1 is 0.758 bits per heavy atom. The summed E-state index contributed by atoms with van der Waals surface area (Å²) in [6, 6.07) is 23.0. The molecular formula is C29H34O4. The lowest BCUT2D eigenvalue weighted by molar-refractivity contribution is 0.0662. The van der Waals surface area contributed by atoms with E-state index in [0.29, 0.717) is 11.3 Å². The zero-order valence-corrected chi connectivity index (χ0v) is 20.0. The highest BCUT2D eigenvalue weighted by Crippen LogP contribution is 2.25. The monoisotopic (exact) mass is 446 g/mol. The molecule has 0 fully saturated rings. The number of ether oxygens (including phenoxy) is 3. The molecule has 33 heavy (non-hydrogen) atoms. The molecule has 0 aliphatic carbocycles. The second-order valence-corrected chi connectivity index (χ2v) is 8.29. The van der Waals surface area contributed by atoms with Crippen molar-refractivity contribution in [3.63, 3.8) is 0 Å². The summed E-state index contributed by atoms with van der Waals surface area (Å²) in [4.78, 5) is 12.5. The summed E-state index contributed by atoms with van der Waals surface area (Å²) in [5.74, 6) is 0.888. The average Bonchev–Trinajstić information content (AvgIpc) is 2.84. The topological polar surface area (TPSA) is 44.8 Å². The van der Waals surface area contributed by atoms with E-state index >= 15 is 0 Å². The van der Waals surface area contributed by atoms with E-state index in [2.05, 4.69) is 52.0 Å². The van der Waals surface area contributed by atoms with Gasteiger partial charge in [0.25, 0.3) is 0 Å². The quantitative estimate of drug-likeness (QED) is 0.224. The van der Waals surface area contributed by atoms with Crippen LogP contribution in [0.2, 0.25) is 0 Å². The SMILES string of the molecule is CCCOC(C)c1ccc(-c2ccc(C(=O)Oc3ccc(OC(C)CCC)cc3)cc2)cc1. The number of carbonyl (C=O) groups is 1. The Morgan fingerprint density at radius 3 is 1.91 bits per heavy atom. The van der Waals surface area contributed by atoms with Crippen LogP contribution in [0.1, 0.15) is 69.0 Å². The molecule has 174 valence electrons. The molecular weight excluding hydrogens is 412 g/mol. The van der Waals surface area contributed by atoms with Gasteiger partial charge in [-0.3, -0.25) is 0 Å². The van der Waals surface area contributed by atoms with Gasteiger partial charge in [0.1, 0.15) is 11.5 Å². The molecule has 0 spiro atoms. The van der Waals surface area contributed by atoms with Gasteiger partial charge in [-0.15, -0.1) is 0 Å². The van der Waals surface area contributed by atoms with Crippen LogP contribution >= 0.6 is 0 Å². The molecule has 4 heteroatoms. The van der Waals surface area contributed by atoms with Crippen molar-refractivity contribution in [3.8, 4) is 22.6 Å². The van der Waals surface area contributed by atoms with E-state index in [4.69, 9.17) is 14.2 Å². The molecule has 0 N–H and O–H groups in total. The summed E-state index contributed by atoms with van der Waals surface area (Å²) in [5, 5.41) is 0. The van der Waals surface area contributed by atoms with Crippen molar-refractivity contribution >= 4 is 5.97 Å². The first-order valence-corrected chi connectivity index (χ1v) is 11.8. The second-order valence-electron chi connectivity index (χ2n) is 8.29. The third-order valence-electron chi connectivity index (χ3n) is 5.47. The van der Waals surface area contributed by atoms with Crippen LogP contribution in [0, 0.1) is 0 Å². The van der Waals surface area contributed by atoms with Crippen LogP contribution in [0.5, 0.6) is 11.5 Å². The van der Waals surface area contributed by atoms with Crippen molar-refractivity contribution in [2.75, 3.05) is 6.61 Å². The fraction of sp³-hybridized carbons (Fsp3) is 0.345. The Labute approximate surface area is 197 Å². The van der Waals surface area contributed by atoms with Gasteiger partial charge in [-0.25, -0.2) is 4.79 Å². The molecule has 0 aliphatic heterocycles. The van der Waals surface area contributed by atoms with Gasteiger partial charge in [0, 0.05) is 6.61 Å². The van der Waals surface area contributed by atoms with Crippen LogP contribution in [0.3, 0.4) is 0 Å². The summed E-state index contributed by atoms with van der Waals surface area (Å²) >= 11 is 0. The molecule has 0 aromatic heterocycles. The van der Waals surface area contributed by atoms with E-state index in [1.54, 1.807) is 24.3 Å². The van der Waals surface area contributed by atoms with Gasteiger partial charge in [0.15, 0.2) is 0 Å². The molecule has 2 atom stereocenters. The van der Waals surface area contributed by atoms with Crippen LogP contribution < -0.4 is 9.47 Å². The maximum Gasteiger partial charge on any atom is 0.343 e. The molecule has 2 unspecified atom stereocenters. The van der Waals surface area contributed by atoms with Crippen molar-refractivity contribution in [3.05, 3.63) is 83.9 Å². The molecule has 0 saturated carbocycles. The number of hydrogen-bond acceptors (Lipinski definition) is 4. The van der Waals surface area contributed by atoms with E-state index in [-0.39, 0.29) is 18.2 Å². The molecule has 0 radical (unpaired) electrons. The van der Waals surface area contributed by atoms with Crippen molar-refractivity contribution in [1.29, 1.82) is 0 Å². The van der Waals surface area contributed by atoms with E-state index in [0.717, 1.165) is 48.3 Å². The number of carbonyl (C=O) groups excluding carboxylic acids is 1. The lowest BCUT2D eigenvalue weighted by Gasteiger charge is -2.14. The molecule has 3 rings (SSSR count). The highest BCUT2D eigenvalue weighted by atomic mass is 16.5. The van der Waals surface area contributed by atoms with Crippen molar-refractivity contribution in [1.82, 2.24) is 0 Å². The number of hydrogen-bond donors (Lipinski definition) is 0. The number of esters is 1. The van der Waals surface area contributed by atoms with Gasteiger partial charge in [-0.1, -0.05) is 56.7 Å². The highest BCUT2D eigenvalue weighted by molar-refractivity contribution is 5.91. The Morgan fingerprint density at radius 2 is 1.33 bits per heavy atom. The van der Waals surface area contributed by atoms with Gasteiger partial charge in [0.05, 0.1) is 17.8 Å². The summed E-state index contributed by atoms with van der Waals surface area (Å²) < 4.78 is 17.2. The molecule has 0 heterocycles. The summed E-state index contributed by atoms with van der Waals surface area (Å²) in [5.41, 5.74) is 3.80. The zero-order chi connectivity index (χ0) is 23.6. The second kappa shape index (κ2) is 12.2. The third kappa shape index (κ3) is 7.19. The lowest BCUT2D eigenvalue weighted by Crippen LogP contribution is -2.11. The Bertz CT molecular complexity index is 991. The highest BCUT2D eigenvalue weighted by Gasteiger charge is 2.11. The Balaban J connectivity index is 1.59. The zero-order valence-electron chi connectivity index (χ0n) is 20.0. The molecule has 3 aromatic rings. The molecule has 0 amide bonds. The van der Waals surface area contributed by atoms with Crippen LogP contribution in [0.4, 0.5) is 0 Å². The van der Waals surface area contributed by atoms with Gasteiger partial charge in [-0.05, 0) is 79.8 Å². The lowest BCUT2D eigenvalue weighted by atomic mass is 10.0. The summed E-state index contributed by atoms with van der Waals surface area (Å²) in [6.45, 7) is 9.12. The van der Waals surface area contributed by atoms with E-state index in [1.165, 1.54) is 0 Å². The van der Waals surface area contributed by atoms with E-state index in [1.807, 2.05) is 24.3 Å². The van der Waals surface area contributed by atoms with Crippen LogP contribution in [0.25, 0.3) is 11.1 Å². The molecule has 3 aromatic carbocycles. The fourth-order valence-electron chi connectivity index (χ4n) is 3.59. The van der Waals surface area contributed by atoms with Gasteiger partial charge in [-0.2, -0.15) is 0 Å². The molecule has 0 saturated heterocycles. The predicted molar refractivity (Wildman–Crippen MR) is 133 cm³/mol. The van der Waals surface area contributed by atoms with Gasteiger partial charge >= 0.3 is 5.97 Å². The third-order valence-corrected chi connectivity index (χ3v) is 5.47.